The molecule has 0 unspecified atom stereocenters. The third-order valence-electron chi connectivity index (χ3n) is 6.21. The summed E-state index contributed by atoms with van der Waals surface area (Å²) in [6.45, 7) is 1.97. The van der Waals surface area contributed by atoms with E-state index in [-0.39, 0.29) is 27.0 Å². The van der Waals surface area contributed by atoms with Crippen molar-refractivity contribution in [1.29, 1.82) is 0 Å². The van der Waals surface area contributed by atoms with E-state index < -0.39 is 11.9 Å². The molecule has 0 saturated heterocycles. The number of hydrogen-bond donors (Lipinski definition) is 1. The molecule has 1 aromatic heterocycles. The van der Waals surface area contributed by atoms with Gasteiger partial charge in [0.25, 0.3) is 5.91 Å². The van der Waals surface area contributed by atoms with Crippen molar-refractivity contribution in [3.05, 3.63) is 74.7 Å². The third kappa shape index (κ3) is 5.63. The number of halogens is 2. The summed E-state index contributed by atoms with van der Waals surface area (Å²) < 4.78 is 9.99. The number of aromatic nitrogens is 1. The van der Waals surface area contributed by atoms with Crippen LogP contribution in [0.15, 0.2) is 48.5 Å². The zero-order valence-corrected chi connectivity index (χ0v) is 21.9. The van der Waals surface area contributed by atoms with Crippen molar-refractivity contribution < 1.29 is 14.3 Å². The molecule has 6 nitrogen and oxygen atoms in total. The highest BCUT2D eigenvalue weighted by Gasteiger charge is 2.37. The van der Waals surface area contributed by atoms with Crippen LogP contribution in [0.3, 0.4) is 0 Å². The van der Waals surface area contributed by atoms with Crippen LogP contribution in [0.2, 0.25) is 9.36 Å². The topological polar surface area (TPSA) is 71.5 Å². The van der Waals surface area contributed by atoms with Crippen LogP contribution in [0.25, 0.3) is 0 Å². The molecule has 1 aliphatic rings. The second kappa shape index (κ2) is 11.4. The van der Waals surface area contributed by atoms with Crippen molar-refractivity contribution in [3.63, 3.8) is 0 Å². The van der Waals surface area contributed by atoms with Crippen molar-refractivity contribution in [3.8, 4) is 5.75 Å². The lowest BCUT2D eigenvalue weighted by Gasteiger charge is -2.33. The minimum Gasteiger partial charge on any atom is -0.495 e. The molecule has 1 fully saturated rings. The first kappa shape index (κ1) is 25.5. The predicted octanol–water partition coefficient (Wildman–Crippen LogP) is 6.60. The molecule has 0 aliphatic heterocycles. The highest BCUT2D eigenvalue weighted by molar-refractivity contribution is 7.11. The summed E-state index contributed by atoms with van der Waals surface area (Å²) in [5.41, 5.74) is 2.14. The van der Waals surface area contributed by atoms with Gasteiger partial charge in [-0.2, -0.15) is 4.37 Å². The van der Waals surface area contributed by atoms with Gasteiger partial charge in [-0.1, -0.05) is 84.4 Å². The maximum atomic E-state index is 14.0. The molecule has 9 heteroatoms. The number of carbonyl (C=O) groups is 2. The molecule has 1 saturated carbocycles. The number of para-hydroxylation sites is 2. The number of hydrogen-bond acceptors (Lipinski definition) is 5. The smallest absolute Gasteiger partial charge is 0.280 e. The molecule has 0 radical (unpaired) electrons. The van der Waals surface area contributed by atoms with Crippen LogP contribution >= 0.6 is 34.7 Å². The van der Waals surface area contributed by atoms with Crippen LogP contribution in [0, 0.1) is 6.92 Å². The lowest BCUT2D eigenvalue weighted by molar-refractivity contribution is -0.123. The Balaban J connectivity index is 1.85. The van der Waals surface area contributed by atoms with E-state index >= 15 is 0 Å². The number of methoxy groups -OCH3 is 1. The number of benzene rings is 2. The Morgan fingerprint density at radius 2 is 1.77 bits per heavy atom. The quantitative estimate of drug-likeness (QED) is 0.372. The van der Waals surface area contributed by atoms with Gasteiger partial charge in [-0.05, 0) is 49.0 Å². The average Bonchev–Trinajstić information content (AvgIpc) is 3.21. The maximum Gasteiger partial charge on any atom is 0.280 e. The standard InChI is InChI=1S/C26H27Cl2N3O3S/c1-16-12-14-17(15-13-16)23(25(32)29-18-8-4-3-5-9-18)31(19-10-6-7-11-20(19)34-2)26(33)22-21(27)24(28)35-30-22/h6-7,10-15,18,23H,3-5,8-9H2,1-2H3,(H,29,32)/t23-/m0/s1. The monoisotopic (exact) mass is 531 g/mol. The summed E-state index contributed by atoms with van der Waals surface area (Å²) in [5, 5.41) is 3.26. The van der Waals surface area contributed by atoms with Gasteiger partial charge in [0.05, 0.1) is 12.8 Å². The van der Waals surface area contributed by atoms with Crippen LogP contribution in [-0.4, -0.2) is 29.3 Å². The maximum absolute atomic E-state index is 14.0. The molecule has 1 atom stereocenters. The fourth-order valence-electron chi connectivity index (χ4n) is 4.39. The molecule has 2 aromatic carbocycles. The molecule has 1 aliphatic carbocycles. The molecular weight excluding hydrogens is 505 g/mol. The zero-order chi connectivity index (χ0) is 24.9. The molecule has 3 aromatic rings. The van der Waals surface area contributed by atoms with Crippen molar-refractivity contribution in [1.82, 2.24) is 9.69 Å². The molecule has 0 bridgehead atoms. The fourth-order valence-corrected chi connectivity index (χ4v) is 5.38. The van der Waals surface area contributed by atoms with E-state index in [1.165, 1.54) is 18.4 Å². The molecule has 1 heterocycles. The van der Waals surface area contributed by atoms with Crippen molar-refractivity contribution in [2.75, 3.05) is 12.0 Å². The highest BCUT2D eigenvalue weighted by atomic mass is 35.5. The van der Waals surface area contributed by atoms with Gasteiger partial charge in [-0.15, -0.1) is 0 Å². The van der Waals surface area contributed by atoms with Gasteiger partial charge in [0, 0.05) is 6.04 Å². The largest absolute Gasteiger partial charge is 0.495 e. The molecule has 35 heavy (non-hydrogen) atoms. The van der Waals surface area contributed by atoms with Crippen LogP contribution in [0.4, 0.5) is 5.69 Å². The normalized spacial score (nSPS) is 14.9. The summed E-state index contributed by atoms with van der Waals surface area (Å²) in [6, 6.07) is 13.8. The minimum absolute atomic E-state index is 0.00449. The zero-order valence-electron chi connectivity index (χ0n) is 19.6. The second-order valence-corrected chi connectivity index (χ2v) is 10.4. The van der Waals surface area contributed by atoms with Gasteiger partial charge < -0.3 is 10.1 Å². The highest BCUT2D eigenvalue weighted by Crippen LogP contribution is 2.38. The fraction of sp³-hybridized carbons (Fsp3) is 0.346. The second-order valence-electron chi connectivity index (χ2n) is 8.62. The van der Waals surface area contributed by atoms with Gasteiger partial charge in [-0.3, -0.25) is 14.5 Å². The number of rotatable bonds is 7. The Hall–Kier alpha value is -2.61. The Kier molecular flexibility index (Phi) is 8.31. The van der Waals surface area contributed by atoms with Crippen LogP contribution in [0.1, 0.15) is 59.8 Å². The first-order chi connectivity index (χ1) is 16.9. The van der Waals surface area contributed by atoms with E-state index in [1.807, 2.05) is 31.2 Å². The van der Waals surface area contributed by atoms with E-state index in [4.69, 9.17) is 27.9 Å². The molecule has 184 valence electrons. The predicted molar refractivity (Wildman–Crippen MR) is 141 cm³/mol. The number of nitrogens with zero attached hydrogens (tertiary/aromatic N) is 2. The average molecular weight is 532 g/mol. The SMILES string of the molecule is COc1ccccc1N(C(=O)c1nsc(Cl)c1Cl)[C@H](C(=O)NC1CCCCC1)c1ccc(C)cc1. The lowest BCUT2D eigenvalue weighted by Crippen LogP contribution is -2.47. The summed E-state index contributed by atoms with van der Waals surface area (Å²) in [6.07, 6.45) is 5.15. The summed E-state index contributed by atoms with van der Waals surface area (Å²) in [5.74, 6) is -0.356. The van der Waals surface area contributed by atoms with Gasteiger partial charge in [0.2, 0.25) is 5.91 Å². The van der Waals surface area contributed by atoms with Gasteiger partial charge in [-0.25, -0.2) is 0 Å². The van der Waals surface area contributed by atoms with Crippen molar-refractivity contribution in [2.45, 2.75) is 51.1 Å². The van der Waals surface area contributed by atoms with E-state index in [0.717, 1.165) is 42.8 Å². The van der Waals surface area contributed by atoms with E-state index in [2.05, 4.69) is 9.69 Å². The molecule has 0 spiro atoms. The number of amides is 2. The third-order valence-corrected chi connectivity index (χ3v) is 7.83. The summed E-state index contributed by atoms with van der Waals surface area (Å²) in [4.78, 5) is 29.3. The van der Waals surface area contributed by atoms with Gasteiger partial charge >= 0.3 is 0 Å². The first-order valence-electron chi connectivity index (χ1n) is 11.5. The van der Waals surface area contributed by atoms with Crippen LogP contribution in [-0.2, 0) is 4.79 Å². The van der Waals surface area contributed by atoms with E-state index in [0.29, 0.717) is 17.0 Å². The first-order valence-corrected chi connectivity index (χ1v) is 13.1. The molecular formula is C26H27Cl2N3O3S. The van der Waals surface area contributed by atoms with Crippen molar-refractivity contribution >= 4 is 52.2 Å². The number of nitrogens with one attached hydrogen (secondary N) is 1. The van der Waals surface area contributed by atoms with E-state index in [9.17, 15) is 9.59 Å². The summed E-state index contributed by atoms with van der Waals surface area (Å²) in [7, 11) is 1.52. The number of ether oxygens (including phenoxy) is 1. The van der Waals surface area contributed by atoms with Gasteiger partial charge in [0.1, 0.15) is 21.2 Å². The van der Waals surface area contributed by atoms with Crippen LogP contribution in [0.5, 0.6) is 5.75 Å². The summed E-state index contributed by atoms with van der Waals surface area (Å²) >= 11 is 13.4. The Bertz CT molecular complexity index is 1190. The minimum atomic E-state index is -0.974. The van der Waals surface area contributed by atoms with E-state index in [1.54, 1.807) is 24.3 Å². The Labute approximate surface area is 219 Å². The number of aryl methyl sites for hydroxylation is 1. The number of anilines is 1. The molecule has 4 rings (SSSR count). The molecule has 1 N–H and O–H groups in total. The van der Waals surface area contributed by atoms with Gasteiger partial charge in [0.15, 0.2) is 5.69 Å². The van der Waals surface area contributed by atoms with Crippen molar-refractivity contribution in [2.24, 2.45) is 0 Å². The lowest BCUT2D eigenvalue weighted by atomic mass is 9.94. The molecule has 2 amide bonds. The Morgan fingerprint density at radius 3 is 2.40 bits per heavy atom. The Morgan fingerprint density at radius 1 is 1.09 bits per heavy atom. The number of carbonyl (C=O) groups excluding carboxylic acids is 2. The van der Waals surface area contributed by atoms with Crippen LogP contribution < -0.4 is 15.0 Å².